The maximum Gasteiger partial charge on any atom is 0.308 e. The number of carbonyl (C=O) groups is 2. The van der Waals surface area contributed by atoms with Gasteiger partial charge in [0.2, 0.25) is 18.4 Å². The Morgan fingerprint density at radius 1 is 1.00 bits per heavy atom. The molecule has 0 saturated carbocycles. The normalized spacial score (nSPS) is 19.3. The van der Waals surface area contributed by atoms with Gasteiger partial charge in [-0.05, 0) is 69.7 Å². The minimum atomic E-state index is -0.919. The molecule has 2 heterocycles. The fourth-order valence-electron chi connectivity index (χ4n) is 6.14. The van der Waals surface area contributed by atoms with Gasteiger partial charge in [-0.25, -0.2) is 0 Å². The molecule has 1 N–H and O–H groups in total. The predicted molar refractivity (Wildman–Crippen MR) is 166 cm³/mol. The van der Waals surface area contributed by atoms with Crippen LogP contribution in [-0.4, -0.2) is 112 Å². The number of hydrogen-bond donors (Lipinski definition) is 1. The van der Waals surface area contributed by atoms with E-state index in [4.69, 9.17) is 23.7 Å². The van der Waals surface area contributed by atoms with Crippen molar-refractivity contribution >= 4 is 11.9 Å². The molecule has 1 amide bonds. The Bertz CT molecular complexity index is 1260. The number of amides is 1. The maximum absolute atomic E-state index is 13.8. The van der Waals surface area contributed by atoms with E-state index in [1.54, 1.807) is 14.2 Å². The molecule has 2 aliphatic heterocycles. The highest BCUT2D eigenvalue weighted by molar-refractivity contribution is 5.79. The first-order chi connectivity index (χ1) is 21.3. The Labute approximate surface area is 260 Å². The highest BCUT2D eigenvalue weighted by Crippen LogP contribution is 2.47. The third-order valence-corrected chi connectivity index (χ3v) is 8.39. The molecule has 1 saturated heterocycles. The van der Waals surface area contributed by atoms with Gasteiger partial charge in [-0.15, -0.1) is 0 Å². The molecule has 1 unspecified atom stereocenters. The molecular weight excluding hydrogens is 566 g/mol. The summed E-state index contributed by atoms with van der Waals surface area (Å²) in [6, 6.07) is 10.6. The van der Waals surface area contributed by atoms with Gasteiger partial charge in [-0.3, -0.25) is 14.5 Å². The van der Waals surface area contributed by atoms with Crippen molar-refractivity contribution in [2.24, 2.45) is 5.92 Å². The number of methoxy groups -OCH3 is 2. The van der Waals surface area contributed by atoms with E-state index in [0.29, 0.717) is 54.8 Å². The van der Waals surface area contributed by atoms with Gasteiger partial charge in [0.05, 0.1) is 33.3 Å². The molecule has 0 aliphatic carbocycles. The largest absolute Gasteiger partial charge is 0.493 e. The number of carboxylic acid groups (broad SMARTS) is 1. The van der Waals surface area contributed by atoms with Crippen molar-refractivity contribution in [1.82, 2.24) is 14.7 Å². The maximum atomic E-state index is 13.8. The number of benzene rings is 2. The lowest BCUT2D eigenvalue weighted by Crippen LogP contribution is -2.45. The molecule has 11 heteroatoms. The van der Waals surface area contributed by atoms with Crippen molar-refractivity contribution in [3.05, 3.63) is 42.0 Å². The Morgan fingerprint density at radius 2 is 1.73 bits per heavy atom. The van der Waals surface area contributed by atoms with Crippen LogP contribution in [0.1, 0.15) is 44.1 Å². The Morgan fingerprint density at radius 3 is 2.41 bits per heavy atom. The third-order valence-electron chi connectivity index (χ3n) is 8.39. The van der Waals surface area contributed by atoms with Crippen molar-refractivity contribution in [3.8, 4) is 28.7 Å². The van der Waals surface area contributed by atoms with Gasteiger partial charge in [-0.1, -0.05) is 25.5 Å². The summed E-state index contributed by atoms with van der Waals surface area (Å²) in [5.41, 5.74) is 0.776. The van der Waals surface area contributed by atoms with Gasteiger partial charge >= 0.3 is 5.97 Å². The fourth-order valence-corrected chi connectivity index (χ4v) is 6.14. The number of likely N-dealkylation sites (tertiary alicyclic amines) is 1. The summed E-state index contributed by atoms with van der Waals surface area (Å²) in [5, 5.41) is 10.6. The number of para-hydroxylation sites is 2. The lowest BCUT2D eigenvalue weighted by Gasteiger charge is -2.30. The van der Waals surface area contributed by atoms with Crippen LogP contribution in [0, 0.1) is 5.92 Å². The van der Waals surface area contributed by atoms with E-state index in [1.165, 1.54) is 0 Å². The number of carboxylic acids is 1. The van der Waals surface area contributed by atoms with E-state index >= 15 is 0 Å². The first-order valence-corrected chi connectivity index (χ1v) is 15.4. The quantitative estimate of drug-likeness (QED) is 0.282. The van der Waals surface area contributed by atoms with Gasteiger partial charge in [0.15, 0.2) is 23.0 Å². The van der Waals surface area contributed by atoms with Crippen molar-refractivity contribution in [2.75, 3.05) is 74.4 Å². The molecule has 2 aromatic rings. The first kappa shape index (κ1) is 33.2. The highest BCUT2D eigenvalue weighted by atomic mass is 16.7. The molecule has 0 radical (unpaired) electrons. The molecule has 11 nitrogen and oxygen atoms in total. The molecule has 2 aromatic carbocycles. The zero-order valence-corrected chi connectivity index (χ0v) is 26.6. The minimum Gasteiger partial charge on any atom is -0.493 e. The first-order valence-electron chi connectivity index (χ1n) is 15.4. The number of aliphatic carboxylic acids is 1. The number of fused-ring (bicyclic) bond motifs is 1. The van der Waals surface area contributed by atoms with E-state index in [-0.39, 0.29) is 25.9 Å². The van der Waals surface area contributed by atoms with Crippen LogP contribution < -0.4 is 23.7 Å². The van der Waals surface area contributed by atoms with Gasteiger partial charge < -0.3 is 38.6 Å². The van der Waals surface area contributed by atoms with Crippen LogP contribution in [0.15, 0.2) is 36.4 Å². The second kappa shape index (κ2) is 15.9. The zero-order chi connectivity index (χ0) is 31.6. The monoisotopic (exact) mass is 613 g/mol. The topological polar surface area (TPSA) is 110 Å². The van der Waals surface area contributed by atoms with Crippen LogP contribution in [0.25, 0.3) is 0 Å². The standard InChI is InChI=1S/C33H47N3O8/c1-6-7-15-35(16-10-14-34(2)3)30(37)21-36-20-24(23-18-28(41-5)32-29(19-23)43-22-44-32)31(33(38)39)25(36)13-17-42-27-12-9-8-11-26(27)40-4/h8-9,11-12,18-19,24-25,31H,6-7,10,13-17,20-22H2,1-5H3,(H,38,39)/t24-,25+,31?/m1/s1. The Balaban J connectivity index is 1.60. The Kier molecular flexibility index (Phi) is 12.0. The number of rotatable bonds is 17. The molecule has 0 bridgehead atoms. The van der Waals surface area contributed by atoms with Crippen molar-refractivity contribution in [3.63, 3.8) is 0 Å². The van der Waals surface area contributed by atoms with E-state index in [1.807, 2.05) is 60.3 Å². The highest BCUT2D eigenvalue weighted by Gasteiger charge is 2.47. The van der Waals surface area contributed by atoms with Gasteiger partial charge in [-0.2, -0.15) is 0 Å². The zero-order valence-electron chi connectivity index (χ0n) is 26.6. The summed E-state index contributed by atoms with van der Waals surface area (Å²) >= 11 is 0. The second-order valence-electron chi connectivity index (χ2n) is 11.6. The predicted octanol–water partition coefficient (Wildman–Crippen LogP) is 3.95. The second-order valence-corrected chi connectivity index (χ2v) is 11.6. The number of carbonyl (C=O) groups excluding carboxylic acids is 1. The fraction of sp³-hybridized carbons (Fsp3) is 0.576. The smallest absolute Gasteiger partial charge is 0.308 e. The lowest BCUT2D eigenvalue weighted by atomic mass is 9.84. The molecule has 0 spiro atoms. The summed E-state index contributed by atoms with van der Waals surface area (Å²) in [7, 11) is 7.18. The number of nitrogens with zero attached hydrogens (tertiary/aromatic N) is 3. The molecular formula is C33H47N3O8. The number of ether oxygens (including phenoxy) is 5. The van der Waals surface area contributed by atoms with Crippen LogP contribution >= 0.6 is 0 Å². The summed E-state index contributed by atoms with van der Waals surface area (Å²) < 4.78 is 28.3. The van der Waals surface area contributed by atoms with Crippen molar-refractivity contribution in [2.45, 2.75) is 44.6 Å². The molecule has 44 heavy (non-hydrogen) atoms. The van der Waals surface area contributed by atoms with E-state index in [2.05, 4.69) is 11.8 Å². The van der Waals surface area contributed by atoms with Crippen molar-refractivity contribution < 1.29 is 38.4 Å². The third kappa shape index (κ3) is 8.06. The molecule has 0 aromatic heterocycles. The van der Waals surface area contributed by atoms with Crippen molar-refractivity contribution in [1.29, 1.82) is 0 Å². The van der Waals surface area contributed by atoms with Gasteiger partial charge in [0.25, 0.3) is 0 Å². The minimum absolute atomic E-state index is 0.0147. The van der Waals surface area contributed by atoms with Crippen LogP contribution in [0.5, 0.6) is 28.7 Å². The summed E-state index contributed by atoms with van der Waals surface area (Å²) in [4.78, 5) is 32.8. The summed E-state index contributed by atoms with van der Waals surface area (Å²) in [5.74, 6) is 0.640. The van der Waals surface area contributed by atoms with Crippen LogP contribution in [0.4, 0.5) is 0 Å². The van der Waals surface area contributed by atoms with Gasteiger partial charge in [0, 0.05) is 31.6 Å². The summed E-state index contributed by atoms with van der Waals surface area (Å²) in [6.45, 7) is 5.21. The van der Waals surface area contributed by atoms with E-state index in [9.17, 15) is 14.7 Å². The SMILES string of the molecule is CCCCN(CCCN(C)C)C(=O)CN1C[C@H](c2cc(OC)c3c(c2)OCO3)C(C(=O)O)[C@@H]1CCOc1ccccc1OC. The Hall–Kier alpha value is -3.70. The van der Waals surface area contributed by atoms with E-state index < -0.39 is 23.8 Å². The average Bonchev–Trinajstić information content (AvgIpc) is 3.63. The summed E-state index contributed by atoms with van der Waals surface area (Å²) in [6.07, 6.45) is 3.19. The molecule has 242 valence electrons. The average molecular weight is 614 g/mol. The number of unbranched alkanes of at least 4 members (excludes halogenated alkanes) is 1. The van der Waals surface area contributed by atoms with E-state index in [0.717, 1.165) is 31.4 Å². The molecule has 1 fully saturated rings. The number of hydrogen-bond acceptors (Lipinski definition) is 9. The van der Waals surface area contributed by atoms with Crippen LogP contribution in [0.2, 0.25) is 0 Å². The van der Waals surface area contributed by atoms with Gasteiger partial charge in [0.1, 0.15) is 0 Å². The molecule has 2 aliphatic rings. The molecule has 4 rings (SSSR count). The van der Waals surface area contributed by atoms with Crippen LogP contribution in [-0.2, 0) is 9.59 Å². The van der Waals surface area contributed by atoms with Crippen LogP contribution in [0.3, 0.4) is 0 Å². The molecule has 3 atom stereocenters. The lowest BCUT2D eigenvalue weighted by molar-refractivity contribution is -0.144.